The zero-order chi connectivity index (χ0) is 24.6. The number of carbonyl (C=O) groups is 2. The molecule has 0 bridgehead atoms. The van der Waals surface area contributed by atoms with Gasteiger partial charge in [0.15, 0.2) is 0 Å². The number of ether oxygens (including phenoxy) is 2. The first-order chi connectivity index (χ1) is 15.4. The Hall–Kier alpha value is -3.00. The maximum absolute atomic E-state index is 13.2. The van der Waals surface area contributed by atoms with E-state index in [4.69, 9.17) is 9.47 Å². The van der Waals surface area contributed by atoms with E-state index >= 15 is 0 Å². The molecule has 33 heavy (non-hydrogen) atoms. The number of alkyl halides is 3. The number of pyridine rings is 1. The second kappa shape index (κ2) is 9.09. The summed E-state index contributed by atoms with van der Waals surface area (Å²) in [5, 5.41) is 0. The number of nitrogens with zero attached hydrogens (tertiary/aromatic N) is 3. The van der Waals surface area contributed by atoms with Gasteiger partial charge >= 0.3 is 6.18 Å². The van der Waals surface area contributed by atoms with Crippen LogP contribution < -0.4 is 18.7 Å². The van der Waals surface area contributed by atoms with Gasteiger partial charge in [0.2, 0.25) is 27.7 Å². The lowest BCUT2D eigenvalue weighted by Gasteiger charge is -2.31. The Morgan fingerprint density at radius 2 is 1.91 bits per heavy atom. The fourth-order valence-corrected chi connectivity index (χ4v) is 4.92. The number of hydrogen-bond acceptors (Lipinski definition) is 8. The van der Waals surface area contributed by atoms with Crippen molar-refractivity contribution in [2.75, 3.05) is 42.0 Å². The predicted octanol–water partition coefficient (Wildman–Crippen LogP) is 2.55. The number of fused-ring (bicyclic) bond motifs is 1. The van der Waals surface area contributed by atoms with Gasteiger partial charge in [-0.2, -0.15) is 22.5 Å². The van der Waals surface area contributed by atoms with Crippen LogP contribution in [-0.2, 0) is 25.8 Å². The standard InChI is InChI=1S/C19H18F3N3O6S2/c1-30-15-7-5-12(18(23-15)31-2)25(33(3,28)29)16(26)9-24-13-8-11(19(20,21)22)4-6-14(13)32-10-17(24)27/h4-8H,9-10H2,1-3H3. The minimum atomic E-state index is -4.67. The van der Waals surface area contributed by atoms with Crippen LogP contribution in [0.4, 0.5) is 24.5 Å². The minimum Gasteiger partial charge on any atom is -0.481 e. The molecule has 0 radical (unpaired) electrons. The Balaban J connectivity index is 2.04. The highest BCUT2D eigenvalue weighted by Crippen LogP contribution is 2.40. The van der Waals surface area contributed by atoms with E-state index in [0.29, 0.717) is 9.20 Å². The van der Waals surface area contributed by atoms with Crippen molar-refractivity contribution in [3.05, 3.63) is 35.9 Å². The number of anilines is 2. The van der Waals surface area contributed by atoms with Gasteiger partial charge in [-0.05, 0) is 24.3 Å². The molecule has 1 aliphatic heterocycles. The van der Waals surface area contributed by atoms with Gasteiger partial charge in [-0.1, -0.05) is 0 Å². The molecule has 2 amide bonds. The zero-order valence-electron chi connectivity index (χ0n) is 17.5. The number of thioether (sulfide) groups is 1. The molecule has 2 heterocycles. The summed E-state index contributed by atoms with van der Waals surface area (Å²) in [5.74, 6) is -2.01. The summed E-state index contributed by atoms with van der Waals surface area (Å²) in [6, 6.07) is 5.37. The fourth-order valence-electron chi connectivity index (χ4n) is 3.08. The van der Waals surface area contributed by atoms with Gasteiger partial charge in [0.25, 0.3) is 5.91 Å². The summed E-state index contributed by atoms with van der Waals surface area (Å²) in [6.07, 6.45) is -3.91. The van der Waals surface area contributed by atoms with E-state index in [9.17, 15) is 31.2 Å². The van der Waals surface area contributed by atoms with Crippen LogP contribution in [0.2, 0.25) is 0 Å². The van der Waals surface area contributed by atoms with Gasteiger partial charge in [-0.3, -0.25) is 9.59 Å². The first-order valence-corrected chi connectivity index (χ1v) is 12.0. The molecule has 3 rings (SSSR count). The predicted molar refractivity (Wildman–Crippen MR) is 114 cm³/mol. The molecule has 0 spiro atoms. The summed E-state index contributed by atoms with van der Waals surface area (Å²) < 4.78 is 75.0. The van der Waals surface area contributed by atoms with Crippen LogP contribution >= 0.6 is 11.8 Å². The molecule has 0 unspecified atom stereocenters. The molecule has 1 aromatic carbocycles. The van der Waals surface area contributed by atoms with Crippen molar-refractivity contribution < 1.29 is 40.7 Å². The molecule has 0 atom stereocenters. The third-order valence-corrected chi connectivity index (χ3v) is 6.63. The minimum absolute atomic E-state index is 0.0911. The molecule has 14 heteroatoms. The first-order valence-electron chi connectivity index (χ1n) is 9.13. The van der Waals surface area contributed by atoms with Gasteiger partial charge in [0, 0.05) is 11.0 Å². The topological polar surface area (TPSA) is 106 Å². The van der Waals surface area contributed by atoms with E-state index in [2.05, 4.69) is 4.98 Å². The number of aromatic nitrogens is 1. The van der Waals surface area contributed by atoms with Crippen LogP contribution in [0.15, 0.2) is 35.2 Å². The maximum atomic E-state index is 13.2. The lowest BCUT2D eigenvalue weighted by atomic mass is 10.1. The second-order valence-corrected chi connectivity index (χ2v) is 9.60. The summed E-state index contributed by atoms with van der Waals surface area (Å²) in [6.45, 7) is -0.823. The quantitative estimate of drug-likeness (QED) is 0.590. The molecule has 1 aromatic heterocycles. The molecule has 0 fully saturated rings. The van der Waals surface area contributed by atoms with Gasteiger partial charge in [0.1, 0.15) is 12.2 Å². The highest BCUT2D eigenvalue weighted by Gasteiger charge is 2.36. The fraction of sp³-hybridized carbons (Fsp3) is 0.316. The van der Waals surface area contributed by atoms with Gasteiger partial charge < -0.3 is 14.4 Å². The average Bonchev–Trinajstić information content (AvgIpc) is 2.74. The summed E-state index contributed by atoms with van der Waals surface area (Å²) in [7, 11) is -1.71. The molecule has 0 aliphatic carbocycles. The molecule has 0 saturated carbocycles. The summed E-state index contributed by atoms with van der Waals surface area (Å²) >= 11 is 1.02. The first kappa shape index (κ1) is 24.6. The number of methoxy groups -OCH3 is 2. The van der Waals surface area contributed by atoms with Gasteiger partial charge in [-0.25, -0.2) is 8.42 Å². The van der Waals surface area contributed by atoms with E-state index in [0.717, 1.165) is 35.1 Å². The smallest absolute Gasteiger partial charge is 0.416 e. The number of rotatable bonds is 6. The van der Waals surface area contributed by atoms with E-state index in [1.165, 1.54) is 32.4 Å². The summed E-state index contributed by atoms with van der Waals surface area (Å²) in [5.41, 5.74) is -1.38. The van der Waals surface area contributed by atoms with Crippen molar-refractivity contribution in [3.63, 3.8) is 0 Å². The van der Waals surface area contributed by atoms with Crippen molar-refractivity contribution in [2.24, 2.45) is 0 Å². The largest absolute Gasteiger partial charge is 0.481 e. The lowest BCUT2D eigenvalue weighted by Crippen LogP contribution is -2.47. The van der Waals surface area contributed by atoms with E-state index in [1.54, 1.807) is 0 Å². The molecule has 9 nitrogen and oxygen atoms in total. The Bertz CT molecular complexity index is 1200. The number of amides is 2. The third-order valence-electron chi connectivity index (χ3n) is 4.52. The van der Waals surface area contributed by atoms with Crippen LogP contribution in [0.3, 0.4) is 0 Å². The van der Waals surface area contributed by atoms with Crippen molar-refractivity contribution in [2.45, 2.75) is 11.1 Å². The van der Waals surface area contributed by atoms with Crippen LogP contribution in [0.5, 0.6) is 11.8 Å². The van der Waals surface area contributed by atoms with Crippen LogP contribution in [0.25, 0.3) is 0 Å². The Kier molecular flexibility index (Phi) is 6.79. The van der Waals surface area contributed by atoms with Gasteiger partial charge in [0.05, 0.1) is 37.5 Å². The number of benzene rings is 1. The Labute approximate surface area is 191 Å². The van der Waals surface area contributed by atoms with E-state index < -0.39 is 40.1 Å². The maximum Gasteiger partial charge on any atom is 0.416 e. The molecular weight excluding hydrogens is 487 g/mol. The zero-order valence-corrected chi connectivity index (χ0v) is 19.2. The number of carbonyl (C=O) groups excluding carboxylic acids is 2. The highest BCUT2D eigenvalue weighted by molar-refractivity contribution is 8.00. The molecule has 1 aliphatic rings. The average molecular weight is 505 g/mol. The van der Waals surface area contributed by atoms with Gasteiger partial charge in [-0.15, -0.1) is 11.8 Å². The molecule has 2 aromatic rings. The van der Waals surface area contributed by atoms with Crippen LogP contribution in [0, 0.1) is 0 Å². The molecule has 0 saturated heterocycles. The second-order valence-electron chi connectivity index (χ2n) is 6.75. The SMILES string of the molecule is COc1ccc(N(C(=O)CN2C(=O)CSc3ccc(C(F)(F)F)cc32)S(C)(=O)=O)c(OC)n1. The number of halogens is 3. The Morgan fingerprint density at radius 3 is 2.48 bits per heavy atom. The molecular formula is C19H18F3N3O6S2. The van der Waals surface area contributed by atoms with Crippen LogP contribution in [-0.4, -0.2) is 58.0 Å². The lowest BCUT2D eigenvalue weighted by molar-refractivity contribution is -0.137. The van der Waals surface area contributed by atoms with E-state index in [-0.39, 0.29) is 28.9 Å². The van der Waals surface area contributed by atoms with Crippen molar-refractivity contribution in [3.8, 4) is 11.8 Å². The summed E-state index contributed by atoms with van der Waals surface area (Å²) in [4.78, 5) is 30.8. The van der Waals surface area contributed by atoms with Crippen molar-refractivity contribution in [1.82, 2.24) is 4.98 Å². The normalized spacial score (nSPS) is 14.0. The van der Waals surface area contributed by atoms with Crippen LogP contribution in [0.1, 0.15) is 5.56 Å². The highest BCUT2D eigenvalue weighted by atomic mass is 32.2. The van der Waals surface area contributed by atoms with Crippen molar-refractivity contribution in [1.29, 1.82) is 0 Å². The van der Waals surface area contributed by atoms with E-state index in [1.807, 2.05) is 0 Å². The Morgan fingerprint density at radius 1 is 1.21 bits per heavy atom. The molecule has 0 N–H and O–H groups in total. The monoisotopic (exact) mass is 505 g/mol. The number of sulfonamides is 1. The van der Waals surface area contributed by atoms with Crippen molar-refractivity contribution >= 4 is 45.0 Å². The third kappa shape index (κ3) is 5.16. The molecule has 178 valence electrons. The number of hydrogen-bond donors (Lipinski definition) is 0.